The van der Waals surface area contributed by atoms with Crippen LogP contribution >= 0.6 is 11.8 Å². The number of thioether (sulfide) groups is 1. The summed E-state index contributed by atoms with van der Waals surface area (Å²) in [5.41, 5.74) is 3.32. The van der Waals surface area contributed by atoms with E-state index in [1.165, 1.54) is 17.3 Å². The van der Waals surface area contributed by atoms with Gasteiger partial charge in [0.1, 0.15) is 0 Å². The summed E-state index contributed by atoms with van der Waals surface area (Å²) in [5, 5.41) is 9.46. The lowest BCUT2D eigenvalue weighted by Crippen LogP contribution is -2.37. The van der Waals surface area contributed by atoms with Crippen molar-refractivity contribution in [3.8, 4) is 11.4 Å². The standard InChI is InChI=1S/C21H22N4OS/c1-3-24-20(16-9-5-4-6-10-16)22-23-21(24)27-14-19(26)25-15(2)13-17-11-7-8-12-18(17)25/h4-12,15H,3,13-14H2,1-2H3/t15-/m0/s1. The highest BCUT2D eigenvalue weighted by molar-refractivity contribution is 7.99. The lowest BCUT2D eigenvalue weighted by Gasteiger charge is -2.22. The summed E-state index contributed by atoms with van der Waals surface area (Å²) in [7, 11) is 0. The molecule has 1 aliphatic heterocycles. The molecule has 0 aliphatic carbocycles. The molecular formula is C21H22N4OS. The Kier molecular flexibility index (Phi) is 4.99. The van der Waals surface area contributed by atoms with E-state index in [0.717, 1.165) is 35.2 Å². The van der Waals surface area contributed by atoms with Gasteiger partial charge in [-0.1, -0.05) is 60.3 Å². The van der Waals surface area contributed by atoms with Crippen LogP contribution in [-0.2, 0) is 17.8 Å². The predicted molar refractivity (Wildman–Crippen MR) is 109 cm³/mol. The van der Waals surface area contributed by atoms with Gasteiger partial charge in [0.2, 0.25) is 5.91 Å². The van der Waals surface area contributed by atoms with Crippen molar-refractivity contribution in [3.63, 3.8) is 0 Å². The Morgan fingerprint density at radius 2 is 1.85 bits per heavy atom. The molecule has 138 valence electrons. The number of amides is 1. The number of benzene rings is 2. The van der Waals surface area contributed by atoms with Crippen LogP contribution in [0.3, 0.4) is 0 Å². The van der Waals surface area contributed by atoms with Crippen molar-refractivity contribution in [1.82, 2.24) is 14.8 Å². The predicted octanol–water partition coefficient (Wildman–Crippen LogP) is 4.03. The summed E-state index contributed by atoms with van der Waals surface area (Å²) in [6.07, 6.45) is 0.913. The number of anilines is 1. The maximum Gasteiger partial charge on any atom is 0.237 e. The smallest absolute Gasteiger partial charge is 0.237 e. The molecule has 0 fully saturated rings. The van der Waals surface area contributed by atoms with Gasteiger partial charge in [-0.25, -0.2) is 0 Å². The van der Waals surface area contributed by atoms with Crippen LogP contribution in [0.5, 0.6) is 0 Å². The highest BCUT2D eigenvalue weighted by Gasteiger charge is 2.30. The maximum atomic E-state index is 12.9. The van der Waals surface area contributed by atoms with Crippen molar-refractivity contribution in [2.75, 3.05) is 10.7 Å². The third kappa shape index (κ3) is 3.37. The van der Waals surface area contributed by atoms with E-state index < -0.39 is 0 Å². The number of aromatic nitrogens is 3. The topological polar surface area (TPSA) is 51.0 Å². The molecule has 4 rings (SSSR count). The van der Waals surface area contributed by atoms with E-state index in [1.54, 1.807) is 0 Å². The average molecular weight is 379 g/mol. The first-order valence-electron chi connectivity index (χ1n) is 9.20. The van der Waals surface area contributed by atoms with Crippen molar-refractivity contribution in [2.24, 2.45) is 0 Å². The fraction of sp³-hybridized carbons (Fsp3) is 0.286. The molecule has 6 heteroatoms. The van der Waals surface area contributed by atoms with E-state index in [2.05, 4.69) is 34.7 Å². The van der Waals surface area contributed by atoms with Crippen LogP contribution in [0.2, 0.25) is 0 Å². The van der Waals surface area contributed by atoms with Gasteiger partial charge in [-0.15, -0.1) is 10.2 Å². The fourth-order valence-corrected chi connectivity index (χ4v) is 4.48. The summed E-state index contributed by atoms with van der Waals surface area (Å²) in [5.74, 6) is 1.31. The second-order valence-electron chi connectivity index (χ2n) is 6.65. The SMILES string of the molecule is CCn1c(SCC(=O)N2c3ccccc3C[C@@H]2C)nnc1-c1ccccc1. The molecule has 1 amide bonds. The number of para-hydroxylation sites is 1. The largest absolute Gasteiger partial charge is 0.308 e. The van der Waals surface area contributed by atoms with Crippen molar-refractivity contribution < 1.29 is 4.79 Å². The van der Waals surface area contributed by atoms with Gasteiger partial charge in [-0.2, -0.15) is 0 Å². The highest BCUT2D eigenvalue weighted by atomic mass is 32.2. The summed E-state index contributed by atoms with van der Waals surface area (Å²) >= 11 is 1.46. The average Bonchev–Trinajstić information content (AvgIpc) is 3.26. The van der Waals surface area contributed by atoms with Crippen LogP contribution in [-0.4, -0.2) is 32.5 Å². The van der Waals surface area contributed by atoms with Crippen LogP contribution in [0.1, 0.15) is 19.4 Å². The molecule has 27 heavy (non-hydrogen) atoms. The normalized spacial score (nSPS) is 15.8. The number of hydrogen-bond acceptors (Lipinski definition) is 4. The van der Waals surface area contributed by atoms with Gasteiger partial charge in [0.05, 0.1) is 5.75 Å². The molecule has 2 aromatic carbocycles. The Morgan fingerprint density at radius 1 is 1.11 bits per heavy atom. The van der Waals surface area contributed by atoms with Gasteiger partial charge in [0.15, 0.2) is 11.0 Å². The molecule has 0 spiro atoms. The summed E-state index contributed by atoms with van der Waals surface area (Å²) in [4.78, 5) is 14.8. The fourth-order valence-electron chi connectivity index (χ4n) is 3.62. The monoisotopic (exact) mass is 378 g/mol. The summed E-state index contributed by atoms with van der Waals surface area (Å²) in [6, 6.07) is 18.4. The second kappa shape index (κ2) is 7.56. The number of carbonyl (C=O) groups excluding carboxylic acids is 1. The Morgan fingerprint density at radius 3 is 2.63 bits per heavy atom. The molecule has 0 bridgehead atoms. The third-order valence-electron chi connectivity index (χ3n) is 4.87. The van der Waals surface area contributed by atoms with Gasteiger partial charge in [-0.3, -0.25) is 4.79 Å². The molecule has 1 aromatic heterocycles. The van der Waals surface area contributed by atoms with Crippen LogP contribution in [0.15, 0.2) is 59.8 Å². The van der Waals surface area contributed by atoms with Gasteiger partial charge in [-0.05, 0) is 31.9 Å². The minimum atomic E-state index is 0.115. The van der Waals surface area contributed by atoms with E-state index in [0.29, 0.717) is 5.75 Å². The van der Waals surface area contributed by atoms with E-state index in [1.807, 2.05) is 53.4 Å². The number of carbonyl (C=O) groups is 1. The molecule has 3 aromatic rings. The zero-order valence-electron chi connectivity index (χ0n) is 15.5. The Labute approximate surface area is 163 Å². The Balaban J connectivity index is 1.51. The van der Waals surface area contributed by atoms with Gasteiger partial charge in [0, 0.05) is 23.8 Å². The quantitative estimate of drug-likeness (QED) is 0.629. The number of fused-ring (bicyclic) bond motifs is 1. The van der Waals surface area contributed by atoms with Crippen LogP contribution in [0.25, 0.3) is 11.4 Å². The number of hydrogen-bond donors (Lipinski definition) is 0. The zero-order valence-corrected chi connectivity index (χ0v) is 16.3. The Hall–Kier alpha value is -2.60. The van der Waals surface area contributed by atoms with Crippen LogP contribution in [0.4, 0.5) is 5.69 Å². The first-order chi connectivity index (χ1) is 13.2. The second-order valence-corrected chi connectivity index (χ2v) is 7.59. The lowest BCUT2D eigenvalue weighted by atomic mass is 10.1. The van der Waals surface area contributed by atoms with E-state index in [9.17, 15) is 4.79 Å². The third-order valence-corrected chi connectivity index (χ3v) is 5.82. The molecule has 1 aliphatic rings. The van der Waals surface area contributed by atoms with Crippen molar-refractivity contribution in [2.45, 2.75) is 38.0 Å². The van der Waals surface area contributed by atoms with Gasteiger partial charge < -0.3 is 9.47 Å². The Bertz CT molecular complexity index is 954. The first-order valence-corrected chi connectivity index (χ1v) is 10.2. The zero-order chi connectivity index (χ0) is 18.8. The molecule has 0 N–H and O–H groups in total. The van der Waals surface area contributed by atoms with Gasteiger partial charge in [0.25, 0.3) is 0 Å². The molecular weight excluding hydrogens is 356 g/mol. The lowest BCUT2D eigenvalue weighted by molar-refractivity contribution is -0.116. The maximum absolute atomic E-state index is 12.9. The number of nitrogens with zero attached hydrogens (tertiary/aromatic N) is 4. The van der Waals surface area contributed by atoms with E-state index >= 15 is 0 Å². The molecule has 0 unspecified atom stereocenters. The molecule has 0 saturated heterocycles. The van der Waals surface area contributed by atoms with E-state index in [-0.39, 0.29) is 11.9 Å². The van der Waals surface area contributed by atoms with Crippen molar-refractivity contribution in [3.05, 3.63) is 60.2 Å². The minimum Gasteiger partial charge on any atom is -0.308 e. The molecule has 5 nitrogen and oxygen atoms in total. The van der Waals surface area contributed by atoms with E-state index in [4.69, 9.17) is 0 Å². The minimum absolute atomic E-state index is 0.115. The van der Waals surface area contributed by atoms with Crippen molar-refractivity contribution >= 4 is 23.4 Å². The highest BCUT2D eigenvalue weighted by Crippen LogP contribution is 2.33. The molecule has 0 saturated carbocycles. The molecule has 2 heterocycles. The first kappa shape index (κ1) is 17.8. The summed E-state index contributed by atoms with van der Waals surface area (Å²) in [6.45, 7) is 4.93. The molecule has 1 atom stereocenters. The van der Waals surface area contributed by atoms with Gasteiger partial charge >= 0.3 is 0 Å². The van der Waals surface area contributed by atoms with Crippen LogP contribution < -0.4 is 4.90 Å². The summed E-state index contributed by atoms with van der Waals surface area (Å²) < 4.78 is 2.06. The van der Waals surface area contributed by atoms with Crippen LogP contribution in [0, 0.1) is 0 Å². The van der Waals surface area contributed by atoms with Crippen molar-refractivity contribution in [1.29, 1.82) is 0 Å². The molecule has 0 radical (unpaired) electrons. The number of rotatable bonds is 5.